The van der Waals surface area contributed by atoms with Gasteiger partial charge in [0, 0.05) is 12.7 Å². The van der Waals surface area contributed by atoms with E-state index in [9.17, 15) is 4.39 Å². The predicted molar refractivity (Wildman–Crippen MR) is 73.3 cm³/mol. The summed E-state index contributed by atoms with van der Waals surface area (Å²) in [6.45, 7) is 1.39. The molecule has 3 rings (SSSR count). The molecule has 1 aromatic carbocycles. The van der Waals surface area contributed by atoms with E-state index in [1.807, 2.05) is 4.57 Å². The summed E-state index contributed by atoms with van der Waals surface area (Å²) in [6, 6.07) is 3.13. The summed E-state index contributed by atoms with van der Waals surface area (Å²) in [5.41, 5.74) is 1.40. The van der Waals surface area contributed by atoms with E-state index in [1.165, 1.54) is 6.07 Å². The quantitative estimate of drug-likeness (QED) is 0.786. The number of alkyl halides is 1. The first-order valence-corrected chi connectivity index (χ1v) is 7.11. The molecule has 0 saturated carbocycles. The number of aromatic nitrogens is 2. The lowest BCUT2D eigenvalue weighted by atomic mass is 10.1. The summed E-state index contributed by atoms with van der Waals surface area (Å²) in [4.78, 5) is 4.43. The van der Waals surface area contributed by atoms with Gasteiger partial charge in [0.05, 0.1) is 34.6 Å². The molecule has 2 aromatic rings. The van der Waals surface area contributed by atoms with Gasteiger partial charge in [-0.05, 0) is 18.9 Å². The molecule has 102 valence electrons. The van der Waals surface area contributed by atoms with Crippen LogP contribution in [-0.4, -0.2) is 22.8 Å². The minimum absolute atomic E-state index is 0.0816. The molecule has 0 spiro atoms. The van der Waals surface area contributed by atoms with Crippen LogP contribution in [0.2, 0.25) is 5.02 Å². The minimum Gasteiger partial charge on any atom is -0.379 e. The Morgan fingerprint density at radius 1 is 1.47 bits per heavy atom. The molecule has 1 atom stereocenters. The van der Waals surface area contributed by atoms with E-state index in [0.29, 0.717) is 12.1 Å². The molecule has 2 heterocycles. The van der Waals surface area contributed by atoms with Crippen LogP contribution in [-0.2, 0) is 10.6 Å². The van der Waals surface area contributed by atoms with Crippen molar-refractivity contribution in [2.45, 2.75) is 24.8 Å². The summed E-state index contributed by atoms with van der Waals surface area (Å²) < 4.78 is 21.2. The van der Waals surface area contributed by atoms with Gasteiger partial charge >= 0.3 is 0 Å². The Morgan fingerprint density at radius 3 is 3.00 bits per heavy atom. The molecule has 1 aromatic heterocycles. The van der Waals surface area contributed by atoms with E-state index in [2.05, 4.69) is 4.98 Å². The molecule has 0 aliphatic carbocycles. The largest absolute Gasteiger partial charge is 0.379 e. The van der Waals surface area contributed by atoms with Crippen molar-refractivity contribution in [2.75, 3.05) is 13.2 Å². The maximum atomic E-state index is 13.7. The van der Waals surface area contributed by atoms with Crippen molar-refractivity contribution in [1.82, 2.24) is 9.55 Å². The SMILES string of the molecule is Fc1cc2c(cc1Cl)nc(CCl)n2C1CCCOC1. The Morgan fingerprint density at radius 2 is 2.32 bits per heavy atom. The molecule has 1 aliphatic rings. The average molecular weight is 303 g/mol. The fraction of sp³-hybridized carbons (Fsp3) is 0.462. The normalized spacial score (nSPS) is 20.1. The summed E-state index contributed by atoms with van der Waals surface area (Å²) in [5, 5.41) is 0.0816. The zero-order valence-electron chi connectivity index (χ0n) is 10.2. The van der Waals surface area contributed by atoms with E-state index in [-0.39, 0.29) is 16.9 Å². The first-order valence-electron chi connectivity index (χ1n) is 6.20. The fourth-order valence-corrected chi connectivity index (χ4v) is 2.92. The van der Waals surface area contributed by atoms with Crippen LogP contribution in [0.5, 0.6) is 0 Å². The van der Waals surface area contributed by atoms with Crippen molar-refractivity contribution >= 4 is 34.2 Å². The number of fused-ring (bicyclic) bond motifs is 1. The van der Waals surface area contributed by atoms with Gasteiger partial charge in [-0.1, -0.05) is 11.6 Å². The molecule has 1 fully saturated rings. The van der Waals surface area contributed by atoms with Gasteiger partial charge in [0.15, 0.2) is 0 Å². The lowest BCUT2D eigenvalue weighted by Crippen LogP contribution is -2.22. The molecule has 1 saturated heterocycles. The fourth-order valence-electron chi connectivity index (χ4n) is 2.57. The van der Waals surface area contributed by atoms with Crippen molar-refractivity contribution in [2.24, 2.45) is 0 Å². The third-order valence-corrected chi connectivity index (χ3v) is 3.95. The molecule has 0 radical (unpaired) electrons. The van der Waals surface area contributed by atoms with Crippen LogP contribution < -0.4 is 0 Å². The first kappa shape index (κ1) is 13.2. The average Bonchev–Trinajstić information content (AvgIpc) is 2.78. The van der Waals surface area contributed by atoms with Gasteiger partial charge in [-0.3, -0.25) is 0 Å². The summed E-state index contributed by atoms with van der Waals surface area (Å²) in [7, 11) is 0. The van der Waals surface area contributed by atoms with Crippen molar-refractivity contribution in [3.8, 4) is 0 Å². The van der Waals surface area contributed by atoms with E-state index in [4.69, 9.17) is 27.9 Å². The van der Waals surface area contributed by atoms with E-state index in [1.54, 1.807) is 6.07 Å². The second kappa shape index (κ2) is 5.27. The van der Waals surface area contributed by atoms with Crippen LogP contribution >= 0.6 is 23.2 Å². The second-order valence-corrected chi connectivity index (χ2v) is 5.33. The lowest BCUT2D eigenvalue weighted by molar-refractivity contribution is 0.0597. The summed E-state index contributed by atoms with van der Waals surface area (Å²) in [6.07, 6.45) is 1.97. The van der Waals surface area contributed by atoms with Crippen molar-refractivity contribution in [3.63, 3.8) is 0 Å². The van der Waals surface area contributed by atoms with Gasteiger partial charge in [-0.15, -0.1) is 11.6 Å². The molecule has 1 unspecified atom stereocenters. The molecular formula is C13H13Cl2FN2O. The number of hydrogen-bond donors (Lipinski definition) is 0. The zero-order chi connectivity index (χ0) is 13.4. The highest BCUT2D eigenvalue weighted by Gasteiger charge is 2.22. The Kier molecular flexibility index (Phi) is 3.65. The molecule has 6 heteroatoms. The molecule has 1 aliphatic heterocycles. The topological polar surface area (TPSA) is 27.1 Å². The van der Waals surface area contributed by atoms with Crippen LogP contribution in [0.3, 0.4) is 0 Å². The van der Waals surface area contributed by atoms with E-state index in [0.717, 1.165) is 30.8 Å². The summed E-state index contributed by atoms with van der Waals surface area (Å²) in [5.74, 6) is 0.576. The predicted octanol–water partition coefficient (Wildman–Crippen LogP) is 3.92. The van der Waals surface area contributed by atoms with Gasteiger partial charge in [0.2, 0.25) is 0 Å². The summed E-state index contributed by atoms with van der Waals surface area (Å²) >= 11 is 11.7. The third-order valence-electron chi connectivity index (χ3n) is 3.43. The first-order chi connectivity index (χ1) is 9.20. The van der Waals surface area contributed by atoms with Gasteiger partial charge in [-0.25, -0.2) is 9.37 Å². The molecular weight excluding hydrogens is 290 g/mol. The highest BCUT2D eigenvalue weighted by atomic mass is 35.5. The highest BCUT2D eigenvalue weighted by molar-refractivity contribution is 6.31. The number of ether oxygens (including phenoxy) is 1. The zero-order valence-corrected chi connectivity index (χ0v) is 11.7. The lowest BCUT2D eigenvalue weighted by Gasteiger charge is -2.25. The molecule has 0 N–H and O–H groups in total. The number of benzene rings is 1. The number of rotatable bonds is 2. The Hall–Kier alpha value is -0.840. The van der Waals surface area contributed by atoms with Crippen LogP contribution in [0.1, 0.15) is 24.7 Å². The Bertz CT molecular complexity index is 608. The number of halogens is 3. The number of imidazole rings is 1. The van der Waals surface area contributed by atoms with Crippen molar-refractivity contribution < 1.29 is 9.13 Å². The molecule has 19 heavy (non-hydrogen) atoms. The van der Waals surface area contributed by atoms with Crippen LogP contribution in [0.4, 0.5) is 4.39 Å². The smallest absolute Gasteiger partial charge is 0.144 e. The van der Waals surface area contributed by atoms with E-state index < -0.39 is 5.82 Å². The standard InChI is InChI=1S/C13H13Cl2FN2O/c14-6-13-17-11-4-9(15)10(16)5-12(11)18(13)8-2-1-3-19-7-8/h4-5,8H,1-3,6-7H2. The Labute approximate surface area is 120 Å². The maximum Gasteiger partial charge on any atom is 0.144 e. The Balaban J connectivity index is 2.16. The highest BCUT2D eigenvalue weighted by Crippen LogP contribution is 2.30. The second-order valence-electron chi connectivity index (χ2n) is 4.66. The van der Waals surface area contributed by atoms with Crippen LogP contribution in [0, 0.1) is 5.82 Å². The number of nitrogens with zero attached hydrogens (tertiary/aromatic N) is 2. The molecule has 0 bridgehead atoms. The van der Waals surface area contributed by atoms with Gasteiger partial charge < -0.3 is 9.30 Å². The number of hydrogen-bond acceptors (Lipinski definition) is 2. The monoisotopic (exact) mass is 302 g/mol. The van der Waals surface area contributed by atoms with Crippen molar-refractivity contribution in [3.05, 3.63) is 28.8 Å². The van der Waals surface area contributed by atoms with Gasteiger partial charge in [0.25, 0.3) is 0 Å². The van der Waals surface area contributed by atoms with Crippen molar-refractivity contribution in [1.29, 1.82) is 0 Å². The van der Waals surface area contributed by atoms with Gasteiger partial charge in [-0.2, -0.15) is 0 Å². The molecule has 0 amide bonds. The van der Waals surface area contributed by atoms with Gasteiger partial charge in [0.1, 0.15) is 11.6 Å². The van der Waals surface area contributed by atoms with Crippen LogP contribution in [0.25, 0.3) is 11.0 Å². The van der Waals surface area contributed by atoms with E-state index >= 15 is 0 Å². The third kappa shape index (κ3) is 2.33. The molecule has 3 nitrogen and oxygen atoms in total. The minimum atomic E-state index is -0.437. The maximum absolute atomic E-state index is 13.7. The van der Waals surface area contributed by atoms with Crippen LogP contribution in [0.15, 0.2) is 12.1 Å².